The van der Waals surface area contributed by atoms with Crippen molar-refractivity contribution in [2.24, 2.45) is 11.7 Å². The van der Waals surface area contributed by atoms with Crippen LogP contribution in [0.2, 0.25) is 0 Å². The van der Waals surface area contributed by atoms with Crippen molar-refractivity contribution in [1.29, 1.82) is 0 Å². The molecule has 0 radical (unpaired) electrons. The van der Waals surface area contributed by atoms with Gasteiger partial charge in [0.15, 0.2) is 5.82 Å². The maximum atomic E-state index is 13.9. The number of benzene rings is 1. The highest BCUT2D eigenvalue weighted by Gasteiger charge is 2.25. The van der Waals surface area contributed by atoms with Crippen LogP contribution in [-0.2, 0) is 0 Å². The fourth-order valence-corrected chi connectivity index (χ4v) is 2.81. The van der Waals surface area contributed by atoms with Crippen LogP contribution in [0.4, 0.5) is 10.3 Å². The van der Waals surface area contributed by atoms with Crippen LogP contribution in [0.5, 0.6) is 0 Å². The van der Waals surface area contributed by atoms with E-state index in [0.29, 0.717) is 27.7 Å². The van der Waals surface area contributed by atoms with Crippen molar-refractivity contribution in [1.82, 2.24) is 15.2 Å². The minimum absolute atomic E-state index is 0.116. The third kappa shape index (κ3) is 2.94. The monoisotopic (exact) mass is 353 g/mol. The Hall–Kier alpha value is -1.47. The minimum Gasteiger partial charge on any atom is -0.338 e. The van der Waals surface area contributed by atoms with Crippen molar-refractivity contribution in [3.05, 3.63) is 28.5 Å². The number of H-pyrrole nitrogens is 1. The van der Waals surface area contributed by atoms with Gasteiger partial charge in [-0.2, -0.15) is 4.98 Å². The lowest BCUT2D eigenvalue weighted by atomic mass is 9.95. The Morgan fingerprint density at radius 1 is 1.48 bits per heavy atom. The smallest absolute Gasteiger partial charge is 0.245 e. The van der Waals surface area contributed by atoms with Crippen molar-refractivity contribution < 1.29 is 4.39 Å². The van der Waals surface area contributed by atoms with Crippen LogP contribution in [0.3, 0.4) is 0 Å². The lowest BCUT2D eigenvalue weighted by Crippen LogP contribution is -2.48. The van der Waals surface area contributed by atoms with Gasteiger partial charge in [0.1, 0.15) is 5.82 Å². The molecular formula is C14H17BrFN5. The molecule has 2 heterocycles. The summed E-state index contributed by atoms with van der Waals surface area (Å²) < 4.78 is 14.6. The standard InChI is InChI=1S/C14H17BrFN5/c1-8-4-5-21(7-12(8)17)14-18-13(19-20-14)10-3-2-9(15)6-11(10)16/h2-3,6,8,12H,4-5,7,17H2,1H3,(H,18,19,20). The number of nitrogens with zero attached hydrogens (tertiary/aromatic N) is 3. The summed E-state index contributed by atoms with van der Waals surface area (Å²) in [5, 5.41) is 7.00. The zero-order valence-electron chi connectivity index (χ0n) is 11.7. The first-order valence-corrected chi connectivity index (χ1v) is 7.72. The van der Waals surface area contributed by atoms with Crippen LogP contribution in [0.1, 0.15) is 13.3 Å². The molecule has 0 aliphatic carbocycles. The minimum atomic E-state index is -0.337. The molecule has 1 fully saturated rings. The molecule has 2 aromatic rings. The van der Waals surface area contributed by atoms with Gasteiger partial charge in [0.2, 0.25) is 5.95 Å². The SMILES string of the molecule is CC1CCN(c2n[nH]c(-c3ccc(Br)cc3F)n2)CC1N. The highest BCUT2D eigenvalue weighted by atomic mass is 79.9. The number of nitrogens with two attached hydrogens (primary N) is 1. The summed E-state index contributed by atoms with van der Waals surface area (Å²) in [6, 6.07) is 4.98. The molecule has 5 nitrogen and oxygen atoms in total. The maximum absolute atomic E-state index is 13.9. The van der Waals surface area contributed by atoms with E-state index in [1.807, 2.05) is 4.90 Å². The number of hydrogen-bond acceptors (Lipinski definition) is 4. The molecule has 1 aliphatic rings. The van der Waals surface area contributed by atoms with E-state index in [2.05, 4.69) is 38.0 Å². The maximum Gasteiger partial charge on any atom is 0.245 e. The summed E-state index contributed by atoms with van der Waals surface area (Å²) in [5.41, 5.74) is 6.50. The molecular weight excluding hydrogens is 337 g/mol. The van der Waals surface area contributed by atoms with Gasteiger partial charge in [0.25, 0.3) is 0 Å². The molecule has 3 N–H and O–H groups in total. The topological polar surface area (TPSA) is 70.8 Å². The van der Waals surface area contributed by atoms with E-state index in [1.54, 1.807) is 12.1 Å². The average molecular weight is 354 g/mol. The van der Waals surface area contributed by atoms with Gasteiger partial charge in [-0.3, -0.25) is 5.10 Å². The zero-order chi connectivity index (χ0) is 15.0. The van der Waals surface area contributed by atoms with Gasteiger partial charge < -0.3 is 10.6 Å². The molecule has 1 aromatic heterocycles. The third-order valence-corrected chi connectivity index (χ3v) is 4.45. The van der Waals surface area contributed by atoms with Crippen molar-refractivity contribution in [2.75, 3.05) is 18.0 Å². The van der Waals surface area contributed by atoms with Crippen LogP contribution in [0.25, 0.3) is 11.4 Å². The first kappa shape index (κ1) is 14.5. The Morgan fingerprint density at radius 3 is 3.00 bits per heavy atom. The molecule has 1 aromatic carbocycles. The van der Waals surface area contributed by atoms with Crippen molar-refractivity contribution in [3.8, 4) is 11.4 Å². The number of rotatable bonds is 2. The summed E-state index contributed by atoms with van der Waals surface area (Å²) in [4.78, 5) is 6.45. The second kappa shape index (κ2) is 5.73. The lowest BCUT2D eigenvalue weighted by molar-refractivity contribution is 0.376. The molecule has 1 aliphatic heterocycles. The Balaban J connectivity index is 1.83. The molecule has 3 rings (SSSR count). The second-order valence-corrected chi connectivity index (χ2v) is 6.40. The molecule has 112 valence electrons. The van der Waals surface area contributed by atoms with Crippen LogP contribution < -0.4 is 10.6 Å². The number of halogens is 2. The van der Waals surface area contributed by atoms with Gasteiger partial charge in [0.05, 0.1) is 5.56 Å². The molecule has 0 spiro atoms. The second-order valence-electron chi connectivity index (χ2n) is 5.48. The van der Waals surface area contributed by atoms with Crippen molar-refractivity contribution >= 4 is 21.9 Å². The fraction of sp³-hybridized carbons (Fsp3) is 0.429. The van der Waals surface area contributed by atoms with Gasteiger partial charge >= 0.3 is 0 Å². The van der Waals surface area contributed by atoms with E-state index in [4.69, 9.17) is 5.73 Å². The highest BCUT2D eigenvalue weighted by molar-refractivity contribution is 9.10. The molecule has 0 bridgehead atoms. The summed E-state index contributed by atoms with van der Waals surface area (Å²) in [5.74, 6) is 1.18. The summed E-state index contributed by atoms with van der Waals surface area (Å²) in [6.45, 7) is 3.75. The number of anilines is 1. The van der Waals surface area contributed by atoms with Crippen molar-refractivity contribution in [2.45, 2.75) is 19.4 Å². The van der Waals surface area contributed by atoms with Crippen LogP contribution in [-0.4, -0.2) is 34.3 Å². The van der Waals surface area contributed by atoms with Gasteiger partial charge in [-0.1, -0.05) is 22.9 Å². The molecule has 2 unspecified atom stereocenters. The van der Waals surface area contributed by atoms with Gasteiger partial charge in [0, 0.05) is 23.6 Å². The van der Waals surface area contributed by atoms with Crippen LogP contribution in [0, 0.1) is 11.7 Å². The Bertz CT molecular complexity index is 644. The van der Waals surface area contributed by atoms with E-state index < -0.39 is 0 Å². The summed E-state index contributed by atoms with van der Waals surface area (Å²) >= 11 is 3.24. The lowest BCUT2D eigenvalue weighted by Gasteiger charge is -2.34. The van der Waals surface area contributed by atoms with Gasteiger partial charge in [-0.25, -0.2) is 4.39 Å². The predicted molar refractivity (Wildman–Crippen MR) is 83.4 cm³/mol. The van der Waals surface area contributed by atoms with E-state index in [1.165, 1.54) is 6.07 Å². The third-order valence-electron chi connectivity index (χ3n) is 3.96. The number of nitrogens with one attached hydrogen (secondary N) is 1. The number of aromatic amines is 1. The highest BCUT2D eigenvalue weighted by Crippen LogP contribution is 2.25. The first-order valence-electron chi connectivity index (χ1n) is 6.93. The molecule has 21 heavy (non-hydrogen) atoms. The van der Waals surface area contributed by atoms with E-state index in [9.17, 15) is 4.39 Å². The van der Waals surface area contributed by atoms with Crippen LogP contribution in [0.15, 0.2) is 22.7 Å². The van der Waals surface area contributed by atoms with E-state index in [0.717, 1.165) is 19.5 Å². The molecule has 1 saturated heterocycles. The van der Waals surface area contributed by atoms with Crippen molar-refractivity contribution in [3.63, 3.8) is 0 Å². The number of aromatic nitrogens is 3. The summed E-state index contributed by atoms with van der Waals surface area (Å²) in [7, 11) is 0. The van der Waals surface area contributed by atoms with E-state index >= 15 is 0 Å². The van der Waals surface area contributed by atoms with E-state index in [-0.39, 0.29) is 11.9 Å². The van der Waals surface area contributed by atoms with Gasteiger partial charge in [-0.05, 0) is 30.5 Å². The Kier molecular flexibility index (Phi) is 3.95. The van der Waals surface area contributed by atoms with Crippen LogP contribution >= 0.6 is 15.9 Å². The van der Waals surface area contributed by atoms with Gasteiger partial charge in [-0.15, -0.1) is 5.10 Å². The quantitative estimate of drug-likeness (QED) is 0.870. The summed E-state index contributed by atoms with van der Waals surface area (Å²) in [6.07, 6.45) is 1.01. The molecule has 0 saturated carbocycles. The first-order chi connectivity index (χ1) is 10.0. The normalized spacial score (nSPS) is 22.6. The fourth-order valence-electron chi connectivity index (χ4n) is 2.48. The largest absolute Gasteiger partial charge is 0.338 e. The molecule has 7 heteroatoms. The Labute approximate surface area is 130 Å². The zero-order valence-corrected chi connectivity index (χ0v) is 13.3. The Morgan fingerprint density at radius 2 is 2.29 bits per heavy atom. The predicted octanol–water partition coefficient (Wildman–Crippen LogP) is 2.55. The average Bonchev–Trinajstić information content (AvgIpc) is 2.91. The number of hydrogen-bond donors (Lipinski definition) is 2. The number of piperidine rings is 1. The molecule has 0 amide bonds. The molecule has 2 atom stereocenters.